The van der Waals surface area contributed by atoms with Crippen molar-refractivity contribution >= 4 is 11.7 Å². The Morgan fingerprint density at radius 3 is 2.78 bits per heavy atom. The number of amides is 1. The maximum Gasteiger partial charge on any atom is 0.323 e. The fraction of sp³-hybridized carbons (Fsp3) is 0.0625. The molecular weight excluding hydrogens is 294 g/mol. The average molecular weight is 305 g/mol. The van der Waals surface area contributed by atoms with E-state index in [0.29, 0.717) is 23.8 Å². The summed E-state index contributed by atoms with van der Waals surface area (Å²) in [7, 11) is 0. The van der Waals surface area contributed by atoms with E-state index in [1.807, 2.05) is 12.1 Å². The zero-order valence-corrected chi connectivity index (χ0v) is 12.0. The fourth-order valence-corrected chi connectivity index (χ4v) is 2.36. The molecule has 4 heterocycles. The quantitative estimate of drug-likeness (QED) is 0.738. The number of aromatic nitrogens is 4. The van der Waals surface area contributed by atoms with Crippen LogP contribution in [0.1, 0.15) is 16.1 Å². The topological polar surface area (TPSA) is 81.1 Å². The molecule has 3 aromatic heterocycles. The molecule has 112 valence electrons. The number of fused-ring (bicyclic) bond motifs is 1. The minimum Gasteiger partial charge on any atom is -0.423 e. The van der Waals surface area contributed by atoms with Gasteiger partial charge < -0.3 is 4.74 Å². The number of carbonyl (C=O) groups excluding carboxylic acids is 1. The Hall–Kier alpha value is -3.35. The number of pyridine rings is 2. The Kier molecular flexibility index (Phi) is 3.16. The van der Waals surface area contributed by atoms with Gasteiger partial charge in [-0.05, 0) is 24.3 Å². The highest BCUT2D eigenvalue weighted by atomic mass is 16.5. The lowest BCUT2D eigenvalue weighted by molar-refractivity contribution is 0.0991. The van der Waals surface area contributed by atoms with Gasteiger partial charge in [0.25, 0.3) is 5.91 Å². The lowest BCUT2D eigenvalue weighted by atomic mass is 10.2. The van der Waals surface area contributed by atoms with Crippen LogP contribution in [0.5, 0.6) is 11.8 Å². The van der Waals surface area contributed by atoms with Crippen molar-refractivity contribution in [1.82, 2.24) is 19.9 Å². The molecule has 0 fully saturated rings. The third-order valence-corrected chi connectivity index (χ3v) is 3.41. The highest BCUT2D eigenvalue weighted by molar-refractivity contribution is 6.08. The molecule has 1 amide bonds. The van der Waals surface area contributed by atoms with Gasteiger partial charge in [0.1, 0.15) is 17.3 Å². The zero-order chi connectivity index (χ0) is 15.6. The first-order valence-corrected chi connectivity index (χ1v) is 6.98. The minimum absolute atomic E-state index is 0.159. The fourth-order valence-electron chi connectivity index (χ4n) is 2.36. The van der Waals surface area contributed by atoms with Crippen LogP contribution in [-0.4, -0.2) is 25.8 Å². The van der Waals surface area contributed by atoms with E-state index in [9.17, 15) is 4.79 Å². The molecule has 1 aliphatic heterocycles. The summed E-state index contributed by atoms with van der Waals surface area (Å²) in [6, 6.07) is 9.03. The third-order valence-electron chi connectivity index (χ3n) is 3.41. The molecule has 0 radical (unpaired) electrons. The van der Waals surface area contributed by atoms with Gasteiger partial charge >= 0.3 is 6.01 Å². The Bertz CT molecular complexity index is 869. The second-order valence-corrected chi connectivity index (χ2v) is 4.89. The molecule has 7 nitrogen and oxygen atoms in total. The van der Waals surface area contributed by atoms with Crippen molar-refractivity contribution in [3.63, 3.8) is 0 Å². The summed E-state index contributed by atoms with van der Waals surface area (Å²) >= 11 is 0. The first-order valence-electron chi connectivity index (χ1n) is 6.98. The smallest absolute Gasteiger partial charge is 0.323 e. The summed E-state index contributed by atoms with van der Waals surface area (Å²) in [5.74, 6) is 0.830. The summed E-state index contributed by atoms with van der Waals surface area (Å²) in [6.45, 7) is 0.436. The van der Waals surface area contributed by atoms with Crippen LogP contribution in [-0.2, 0) is 6.54 Å². The van der Waals surface area contributed by atoms with E-state index in [4.69, 9.17) is 4.74 Å². The molecule has 0 atom stereocenters. The van der Waals surface area contributed by atoms with Gasteiger partial charge in [-0.25, -0.2) is 4.98 Å². The van der Waals surface area contributed by atoms with Gasteiger partial charge in [0.2, 0.25) is 0 Å². The maximum atomic E-state index is 12.4. The maximum absolute atomic E-state index is 12.4. The monoisotopic (exact) mass is 305 g/mol. The second-order valence-electron chi connectivity index (χ2n) is 4.89. The van der Waals surface area contributed by atoms with Crippen LogP contribution in [0, 0.1) is 0 Å². The van der Waals surface area contributed by atoms with Crippen LogP contribution in [0.3, 0.4) is 0 Å². The van der Waals surface area contributed by atoms with Crippen molar-refractivity contribution in [3.8, 4) is 11.8 Å². The van der Waals surface area contributed by atoms with Crippen molar-refractivity contribution in [2.75, 3.05) is 4.90 Å². The molecule has 0 bridgehead atoms. The van der Waals surface area contributed by atoms with Crippen LogP contribution in [0.25, 0.3) is 0 Å². The first-order chi connectivity index (χ1) is 11.3. The molecule has 7 heteroatoms. The van der Waals surface area contributed by atoms with Crippen LogP contribution >= 0.6 is 0 Å². The van der Waals surface area contributed by atoms with Crippen molar-refractivity contribution in [2.45, 2.75) is 6.54 Å². The summed E-state index contributed by atoms with van der Waals surface area (Å²) in [6.07, 6.45) is 6.38. The average Bonchev–Trinajstić information content (AvgIpc) is 2.93. The van der Waals surface area contributed by atoms with Gasteiger partial charge in [-0.1, -0.05) is 6.07 Å². The second kappa shape index (κ2) is 5.45. The Balaban J connectivity index is 1.62. The molecule has 3 aromatic rings. The normalized spacial score (nSPS) is 13.0. The van der Waals surface area contributed by atoms with Gasteiger partial charge in [0, 0.05) is 24.2 Å². The van der Waals surface area contributed by atoms with Gasteiger partial charge in [0.15, 0.2) is 0 Å². The summed E-state index contributed by atoms with van der Waals surface area (Å²) < 4.78 is 5.55. The molecule has 4 rings (SSSR count). The Morgan fingerprint density at radius 1 is 1.04 bits per heavy atom. The predicted molar refractivity (Wildman–Crippen MR) is 81.1 cm³/mol. The van der Waals surface area contributed by atoms with E-state index in [-0.39, 0.29) is 11.9 Å². The molecule has 1 aliphatic rings. The molecule has 0 saturated carbocycles. The number of nitrogens with zero attached hydrogens (tertiary/aromatic N) is 5. The van der Waals surface area contributed by atoms with Gasteiger partial charge in [0.05, 0.1) is 12.7 Å². The van der Waals surface area contributed by atoms with Crippen molar-refractivity contribution in [1.29, 1.82) is 0 Å². The van der Waals surface area contributed by atoms with Crippen molar-refractivity contribution < 1.29 is 9.53 Å². The van der Waals surface area contributed by atoms with Crippen LogP contribution < -0.4 is 9.64 Å². The van der Waals surface area contributed by atoms with Gasteiger partial charge in [-0.2, -0.15) is 4.98 Å². The van der Waals surface area contributed by atoms with Crippen LogP contribution in [0.2, 0.25) is 0 Å². The first kappa shape index (κ1) is 13.3. The van der Waals surface area contributed by atoms with E-state index < -0.39 is 0 Å². The van der Waals surface area contributed by atoms with E-state index in [0.717, 1.165) is 5.56 Å². The summed E-state index contributed by atoms with van der Waals surface area (Å²) in [4.78, 5) is 30.4. The predicted octanol–water partition coefficient (Wildman–Crippen LogP) is 2.22. The molecule has 0 saturated heterocycles. The Morgan fingerprint density at radius 2 is 1.96 bits per heavy atom. The molecule has 0 spiro atoms. The van der Waals surface area contributed by atoms with Gasteiger partial charge in [-0.15, -0.1) is 0 Å². The number of ether oxygens (including phenoxy) is 1. The number of rotatable bonds is 3. The van der Waals surface area contributed by atoms with E-state index in [1.54, 1.807) is 47.9 Å². The summed E-state index contributed by atoms with van der Waals surface area (Å²) in [5.41, 5.74) is 1.34. The van der Waals surface area contributed by atoms with Gasteiger partial charge in [-0.3, -0.25) is 19.7 Å². The molecule has 0 unspecified atom stereocenters. The molecule has 0 aromatic carbocycles. The van der Waals surface area contributed by atoms with E-state index in [2.05, 4.69) is 19.9 Å². The van der Waals surface area contributed by atoms with Crippen molar-refractivity contribution in [2.24, 2.45) is 0 Å². The number of hydrogen-bond acceptors (Lipinski definition) is 6. The Labute approximate surface area is 131 Å². The third kappa shape index (κ3) is 2.48. The highest BCUT2D eigenvalue weighted by Crippen LogP contribution is 2.26. The summed E-state index contributed by atoms with van der Waals surface area (Å²) in [5, 5.41) is 0. The largest absolute Gasteiger partial charge is 0.423 e. The molecule has 0 aliphatic carbocycles. The minimum atomic E-state index is -0.174. The number of anilines is 1. The highest BCUT2D eigenvalue weighted by Gasteiger charge is 2.30. The lowest BCUT2D eigenvalue weighted by Crippen LogP contribution is -2.24. The number of carbonyl (C=O) groups is 1. The molecule has 0 N–H and O–H groups in total. The lowest BCUT2D eigenvalue weighted by Gasteiger charge is -2.14. The van der Waals surface area contributed by atoms with Crippen LogP contribution in [0.4, 0.5) is 5.82 Å². The van der Waals surface area contributed by atoms with Crippen molar-refractivity contribution in [3.05, 3.63) is 66.4 Å². The van der Waals surface area contributed by atoms with E-state index in [1.165, 1.54) is 0 Å². The van der Waals surface area contributed by atoms with Crippen LogP contribution in [0.15, 0.2) is 55.1 Å². The molecular formula is C16H11N5O2. The number of hydrogen-bond donors (Lipinski definition) is 0. The zero-order valence-electron chi connectivity index (χ0n) is 12.0. The van der Waals surface area contributed by atoms with E-state index >= 15 is 0 Å². The SMILES string of the molecule is O=C1c2ncccc2CN1c1ccnc(Oc2cccnc2)n1. The standard InChI is InChI=1S/C16H11N5O2/c22-15-14-11(3-1-7-18-14)10-21(15)13-5-8-19-16(20-13)23-12-4-2-6-17-9-12/h1-9H,10H2. The molecule has 23 heavy (non-hydrogen) atoms.